The molecule has 1 heterocycles. The van der Waals surface area contributed by atoms with Gasteiger partial charge in [0.05, 0.1) is 17.7 Å². The highest BCUT2D eigenvalue weighted by Crippen LogP contribution is 2.39. The molecular weight excluding hydrogens is 284 g/mol. The number of carbonyl (C=O) groups excluding carboxylic acids is 1. The number of nitrogen functional groups attached to an aromatic ring is 1. The Bertz CT molecular complexity index is 632. The number of rotatable bonds is 5. The summed E-state index contributed by atoms with van der Waals surface area (Å²) in [6, 6.07) is 7.71. The van der Waals surface area contributed by atoms with Crippen LogP contribution in [0.5, 0.6) is 5.75 Å². The van der Waals surface area contributed by atoms with Crippen molar-refractivity contribution in [3.63, 3.8) is 0 Å². The number of nitrogens with one attached hydrogen (secondary N) is 1. The highest BCUT2D eigenvalue weighted by molar-refractivity contribution is 7.17. The summed E-state index contributed by atoms with van der Waals surface area (Å²) in [6.07, 6.45) is 0.843. The number of hydrogen-bond donors (Lipinski definition) is 2. The van der Waals surface area contributed by atoms with E-state index in [2.05, 4.69) is 12.2 Å². The molecule has 0 spiro atoms. The van der Waals surface area contributed by atoms with Crippen molar-refractivity contribution in [3.8, 4) is 16.9 Å². The molecule has 0 aliphatic carbocycles. The second-order valence-electron chi connectivity index (χ2n) is 4.58. The molecule has 3 N–H and O–H groups in total. The van der Waals surface area contributed by atoms with E-state index in [1.165, 1.54) is 11.3 Å². The summed E-state index contributed by atoms with van der Waals surface area (Å²) in [4.78, 5) is 13.4. The Hall–Kier alpha value is -2.01. The van der Waals surface area contributed by atoms with Crippen LogP contribution >= 0.6 is 11.3 Å². The molecule has 0 atom stereocenters. The van der Waals surface area contributed by atoms with Crippen molar-refractivity contribution in [2.45, 2.75) is 20.3 Å². The largest absolute Gasteiger partial charge is 0.497 e. The summed E-state index contributed by atoms with van der Waals surface area (Å²) in [5.41, 5.74) is 8.59. The zero-order valence-electron chi connectivity index (χ0n) is 12.5. The number of thiophene rings is 1. The Labute approximate surface area is 128 Å². The van der Waals surface area contributed by atoms with Gasteiger partial charge in [-0.3, -0.25) is 4.79 Å². The standard InChI is InChI=1S/C16H20N2O2S/c1-4-12-13(10-6-8-11(20-3)9-7-10)14(15(17)21-12)16(19)18-5-2/h6-9H,4-5,17H2,1-3H3,(H,18,19). The molecule has 4 nitrogen and oxygen atoms in total. The number of benzene rings is 1. The highest BCUT2D eigenvalue weighted by Gasteiger charge is 2.22. The fraction of sp³-hybridized carbons (Fsp3) is 0.312. The van der Waals surface area contributed by atoms with Crippen LogP contribution in [0.1, 0.15) is 29.1 Å². The number of anilines is 1. The number of methoxy groups -OCH3 is 1. The lowest BCUT2D eigenvalue weighted by atomic mass is 9.99. The first-order valence-corrected chi connectivity index (χ1v) is 7.77. The average Bonchev–Trinajstić information content (AvgIpc) is 2.84. The van der Waals surface area contributed by atoms with Gasteiger partial charge in [0.2, 0.25) is 0 Å². The van der Waals surface area contributed by atoms with Crippen molar-refractivity contribution in [1.29, 1.82) is 0 Å². The van der Waals surface area contributed by atoms with Gasteiger partial charge in [-0.2, -0.15) is 0 Å². The molecule has 0 unspecified atom stereocenters. The molecular formula is C16H20N2O2S. The number of carbonyl (C=O) groups is 1. The van der Waals surface area contributed by atoms with Gasteiger partial charge in [-0.25, -0.2) is 0 Å². The lowest BCUT2D eigenvalue weighted by Gasteiger charge is -2.09. The number of amides is 1. The summed E-state index contributed by atoms with van der Waals surface area (Å²) in [6.45, 7) is 4.55. The van der Waals surface area contributed by atoms with E-state index >= 15 is 0 Å². The molecule has 1 aromatic carbocycles. The van der Waals surface area contributed by atoms with E-state index < -0.39 is 0 Å². The van der Waals surface area contributed by atoms with Gasteiger partial charge in [0.15, 0.2) is 0 Å². The van der Waals surface area contributed by atoms with E-state index in [1.54, 1.807) is 7.11 Å². The smallest absolute Gasteiger partial charge is 0.254 e. The van der Waals surface area contributed by atoms with Crippen LogP contribution in [-0.4, -0.2) is 19.6 Å². The van der Waals surface area contributed by atoms with Gasteiger partial charge < -0.3 is 15.8 Å². The first-order chi connectivity index (χ1) is 10.1. The summed E-state index contributed by atoms with van der Waals surface area (Å²) in [5.74, 6) is 0.677. The summed E-state index contributed by atoms with van der Waals surface area (Å²) in [7, 11) is 1.63. The van der Waals surface area contributed by atoms with Gasteiger partial charge in [-0.05, 0) is 31.0 Å². The van der Waals surface area contributed by atoms with Crippen molar-refractivity contribution in [2.24, 2.45) is 0 Å². The maximum absolute atomic E-state index is 12.3. The van der Waals surface area contributed by atoms with E-state index in [0.29, 0.717) is 17.1 Å². The first-order valence-electron chi connectivity index (χ1n) is 6.96. The van der Waals surface area contributed by atoms with E-state index in [-0.39, 0.29) is 5.91 Å². The molecule has 1 aromatic heterocycles. The number of ether oxygens (including phenoxy) is 1. The Kier molecular flexibility index (Phi) is 4.85. The molecule has 0 radical (unpaired) electrons. The van der Waals surface area contributed by atoms with E-state index in [4.69, 9.17) is 10.5 Å². The Morgan fingerprint density at radius 2 is 1.95 bits per heavy atom. The molecule has 0 aliphatic heterocycles. The van der Waals surface area contributed by atoms with Crippen LogP contribution in [0.2, 0.25) is 0 Å². The normalized spacial score (nSPS) is 10.4. The van der Waals surface area contributed by atoms with Gasteiger partial charge in [0, 0.05) is 17.0 Å². The van der Waals surface area contributed by atoms with Gasteiger partial charge in [0.25, 0.3) is 5.91 Å². The summed E-state index contributed by atoms with van der Waals surface area (Å²) < 4.78 is 5.18. The quantitative estimate of drug-likeness (QED) is 0.890. The van der Waals surface area contributed by atoms with Gasteiger partial charge in [-0.15, -0.1) is 11.3 Å². The van der Waals surface area contributed by atoms with E-state index in [0.717, 1.165) is 28.2 Å². The van der Waals surface area contributed by atoms with Crippen LogP contribution in [0.15, 0.2) is 24.3 Å². The van der Waals surface area contributed by atoms with Gasteiger partial charge in [-0.1, -0.05) is 19.1 Å². The third-order valence-corrected chi connectivity index (χ3v) is 4.44. The topological polar surface area (TPSA) is 64.4 Å². The Balaban J connectivity index is 2.56. The molecule has 0 fully saturated rings. The minimum absolute atomic E-state index is 0.114. The van der Waals surface area contributed by atoms with Crippen LogP contribution in [0.25, 0.3) is 11.1 Å². The SMILES string of the molecule is CCNC(=O)c1c(N)sc(CC)c1-c1ccc(OC)cc1. The Morgan fingerprint density at radius 1 is 1.29 bits per heavy atom. The maximum Gasteiger partial charge on any atom is 0.254 e. The van der Waals surface area contributed by atoms with Gasteiger partial charge in [0.1, 0.15) is 5.75 Å². The molecule has 21 heavy (non-hydrogen) atoms. The molecule has 1 amide bonds. The highest BCUT2D eigenvalue weighted by atomic mass is 32.1. The zero-order chi connectivity index (χ0) is 15.4. The molecule has 2 aromatic rings. The monoisotopic (exact) mass is 304 g/mol. The molecule has 0 bridgehead atoms. The summed E-state index contributed by atoms with van der Waals surface area (Å²) >= 11 is 1.49. The second kappa shape index (κ2) is 6.63. The minimum atomic E-state index is -0.114. The second-order valence-corrected chi connectivity index (χ2v) is 5.72. The molecule has 112 valence electrons. The molecule has 0 saturated heterocycles. The zero-order valence-corrected chi connectivity index (χ0v) is 13.3. The number of nitrogens with two attached hydrogens (primary N) is 1. The Morgan fingerprint density at radius 3 is 2.48 bits per heavy atom. The van der Waals surface area contributed by atoms with Crippen LogP contribution < -0.4 is 15.8 Å². The lowest BCUT2D eigenvalue weighted by molar-refractivity contribution is 0.0957. The van der Waals surface area contributed by atoms with Crippen molar-refractivity contribution >= 4 is 22.2 Å². The third kappa shape index (κ3) is 3.03. The minimum Gasteiger partial charge on any atom is -0.497 e. The molecule has 0 aliphatic rings. The van der Waals surface area contributed by atoms with Gasteiger partial charge >= 0.3 is 0 Å². The maximum atomic E-state index is 12.3. The van der Waals surface area contributed by atoms with Crippen LogP contribution in [0.4, 0.5) is 5.00 Å². The number of hydrogen-bond acceptors (Lipinski definition) is 4. The molecule has 5 heteroatoms. The molecule has 0 saturated carbocycles. The van der Waals surface area contributed by atoms with E-state index in [9.17, 15) is 4.79 Å². The molecule has 2 rings (SSSR count). The third-order valence-electron chi connectivity index (χ3n) is 3.27. The van der Waals surface area contributed by atoms with Crippen LogP contribution in [-0.2, 0) is 6.42 Å². The predicted molar refractivity (Wildman–Crippen MR) is 88.1 cm³/mol. The predicted octanol–water partition coefficient (Wildman–Crippen LogP) is 3.32. The van der Waals surface area contributed by atoms with Crippen molar-refractivity contribution in [2.75, 3.05) is 19.4 Å². The van der Waals surface area contributed by atoms with E-state index in [1.807, 2.05) is 31.2 Å². The fourth-order valence-corrected chi connectivity index (χ4v) is 3.31. The first kappa shape index (κ1) is 15.4. The van der Waals surface area contributed by atoms with Crippen LogP contribution in [0.3, 0.4) is 0 Å². The average molecular weight is 304 g/mol. The summed E-state index contributed by atoms with van der Waals surface area (Å²) in [5, 5.41) is 3.41. The van der Waals surface area contributed by atoms with Crippen LogP contribution in [0, 0.1) is 0 Å². The van der Waals surface area contributed by atoms with Crippen molar-refractivity contribution in [1.82, 2.24) is 5.32 Å². The van der Waals surface area contributed by atoms with Crippen molar-refractivity contribution < 1.29 is 9.53 Å². The van der Waals surface area contributed by atoms with Crippen molar-refractivity contribution in [3.05, 3.63) is 34.7 Å². The fourth-order valence-electron chi connectivity index (χ4n) is 2.28. The number of aryl methyl sites for hydroxylation is 1. The lowest BCUT2D eigenvalue weighted by Crippen LogP contribution is -2.23.